The Morgan fingerprint density at radius 3 is 2.95 bits per heavy atom. The third kappa shape index (κ3) is 2.73. The molecule has 3 nitrogen and oxygen atoms in total. The summed E-state index contributed by atoms with van der Waals surface area (Å²) in [5.41, 5.74) is 8.62. The first-order valence-electron chi connectivity index (χ1n) is 7.33. The molecule has 0 bridgehead atoms. The van der Waals surface area contributed by atoms with Gasteiger partial charge in [0.2, 0.25) is 0 Å². The van der Waals surface area contributed by atoms with E-state index in [0.29, 0.717) is 12.5 Å². The van der Waals surface area contributed by atoms with E-state index in [1.54, 1.807) is 0 Å². The lowest BCUT2D eigenvalue weighted by Gasteiger charge is -2.39. The van der Waals surface area contributed by atoms with Gasteiger partial charge in [-0.1, -0.05) is 23.7 Å². The lowest BCUT2D eigenvalue weighted by atomic mass is 9.79. The summed E-state index contributed by atoms with van der Waals surface area (Å²) in [4.78, 5) is 0. The highest BCUT2D eigenvalue weighted by Crippen LogP contribution is 2.40. The Hall–Kier alpha value is -0.610. The molecule has 3 rings (SSSR count). The van der Waals surface area contributed by atoms with E-state index < -0.39 is 0 Å². The van der Waals surface area contributed by atoms with Crippen molar-refractivity contribution in [1.82, 2.24) is 0 Å². The van der Waals surface area contributed by atoms with Crippen LogP contribution in [0.2, 0.25) is 5.02 Å². The van der Waals surface area contributed by atoms with Gasteiger partial charge in [-0.05, 0) is 42.9 Å². The summed E-state index contributed by atoms with van der Waals surface area (Å²) in [5.74, 6) is 0.434. The zero-order valence-corrected chi connectivity index (χ0v) is 12.7. The Labute approximate surface area is 125 Å². The van der Waals surface area contributed by atoms with Gasteiger partial charge in [0, 0.05) is 30.7 Å². The smallest absolute Gasteiger partial charge is 0.0940 e. The average molecular weight is 296 g/mol. The summed E-state index contributed by atoms with van der Waals surface area (Å²) in [7, 11) is 0. The van der Waals surface area contributed by atoms with Gasteiger partial charge in [-0.25, -0.2) is 0 Å². The van der Waals surface area contributed by atoms with E-state index in [4.69, 9.17) is 26.8 Å². The van der Waals surface area contributed by atoms with Crippen molar-refractivity contribution >= 4 is 11.6 Å². The molecular formula is C16H22ClNO2. The van der Waals surface area contributed by atoms with Crippen molar-refractivity contribution < 1.29 is 9.47 Å². The standard InChI is InChI=1S/C16H22ClNO2/c1-11-2-3-12(8-14(11)17)15(18)13-4-6-20-16(9-13)5-7-19-10-16/h2-3,8,13,15H,4-7,9-10,18H2,1H3. The third-order valence-corrected chi connectivity index (χ3v) is 5.09. The molecule has 4 heteroatoms. The first kappa shape index (κ1) is 14.3. The van der Waals surface area contributed by atoms with Crippen LogP contribution in [0.25, 0.3) is 0 Å². The van der Waals surface area contributed by atoms with Crippen LogP contribution in [0.5, 0.6) is 0 Å². The lowest BCUT2D eigenvalue weighted by molar-refractivity contribution is -0.101. The second kappa shape index (κ2) is 5.64. The molecule has 0 aromatic heterocycles. The van der Waals surface area contributed by atoms with Gasteiger partial charge in [0.05, 0.1) is 12.2 Å². The molecule has 1 aromatic rings. The Morgan fingerprint density at radius 2 is 2.25 bits per heavy atom. The molecule has 0 aliphatic carbocycles. The van der Waals surface area contributed by atoms with Crippen LogP contribution in [0.4, 0.5) is 0 Å². The third-order valence-electron chi connectivity index (χ3n) is 4.69. The van der Waals surface area contributed by atoms with Crippen LogP contribution in [0, 0.1) is 12.8 Å². The zero-order valence-electron chi connectivity index (χ0n) is 11.9. The van der Waals surface area contributed by atoms with Crippen LogP contribution >= 0.6 is 11.6 Å². The zero-order chi connectivity index (χ0) is 14.2. The largest absolute Gasteiger partial charge is 0.378 e. The van der Waals surface area contributed by atoms with Gasteiger partial charge >= 0.3 is 0 Å². The number of aryl methyl sites for hydroxylation is 1. The average Bonchev–Trinajstić information content (AvgIpc) is 2.89. The molecule has 2 N–H and O–H groups in total. The molecule has 0 radical (unpaired) electrons. The summed E-state index contributed by atoms with van der Waals surface area (Å²) in [6, 6.07) is 6.17. The van der Waals surface area contributed by atoms with Crippen LogP contribution in [-0.2, 0) is 9.47 Å². The van der Waals surface area contributed by atoms with Gasteiger partial charge in [-0.3, -0.25) is 0 Å². The highest BCUT2D eigenvalue weighted by Gasteiger charge is 2.42. The topological polar surface area (TPSA) is 44.5 Å². The Morgan fingerprint density at radius 1 is 1.40 bits per heavy atom. The molecule has 2 saturated heterocycles. The van der Waals surface area contributed by atoms with Crippen LogP contribution in [0.1, 0.15) is 36.4 Å². The van der Waals surface area contributed by atoms with Gasteiger partial charge in [0.25, 0.3) is 0 Å². The molecule has 3 atom stereocenters. The summed E-state index contributed by atoms with van der Waals surface area (Å²) >= 11 is 6.22. The van der Waals surface area contributed by atoms with E-state index in [9.17, 15) is 0 Å². The Balaban J connectivity index is 1.75. The van der Waals surface area contributed by atoms with Crippen molar-refractivity contribution in [3.8, 4) is 0 Å². The minimum Gasteiger partial charge on any atom is -0.378 e. The number of rotatable bonds is 2. The molecule has 2 aliphatic rings. The Kier molecular flexibility index (Phi) is 4.04. The van der Waals surface area contributed by atoms with E-state index in [0.717, 1.165) is 48.6 Å². The number of halogens is 1. The summed E-state index contributed by atoms with van der Waals surface area (Å²) in [6.45, 7) is 4.31. The van der Waals surface area contributed by atoms with E-state index in [2.05, 4.69) is 6.07 Å². The maximum absolute atomic E-state index is 6.48. The van der Waals surface area contributed by atoms with Gasteiger partial charge in [0.1, 0.15) is 0 Å². The number of benzene rings is 1. The van der Waals surface area contributed by atoms with E-state index in [1.807, 2.05) is 19.1 Å². The molecule has 2 aliphatic heterocycles. The fraction of sp³-hybridized carbons (Fsp3) is 0.625. The molecule has 0 amide bonds. The number of nitrogens with two attached hydrogens (primary N) is 1. The van der Waals surface area contributed by atoms with Crippen molar-refractivity contribution in [3.05, 3.63) is 34.3 Å². The normalized spacial score (nSPS) is 31.6. The van der Waals surface area contributed by atoms with Crippen LogP contribution in [0.3, 0.4) is 0 Å². The quantitative estimate of drug-likeness (QED) is 0.911. The number of hydrogen-bond donors (Lipinski definition) is 1. The van der Waals surface area contributed by atoms with Gasteiger partial charge in [-0.15, -0.1) is 0 Å². The van der Waals surface area contributed by atoms with Gasteiger partial charge < -0.3 is 15.2 Å². The predicted octanol–water partition coefficient (Wildman–Crippen LogP) is 3.23. The minimum atomic E-state index is -0.0883. The van der Waals surface area contributed by atoms with Crippen molar-refractivity contribution in [2.75, 3.05) is 19.8 Å². The lowest BCUT2D eigenvalue weighted by Crippen LogP contribution is -2.43. The van der Waals surface area contributed by atoms with E-state index >= 15 is 0 Å². The molecule has 2 fully saturated rings. The predicted molar refractivity (Wildman–Crippen MR) is 80.0 cm³/mol. The highest BCUT2D eigenvalue weighted by atomic mass is 35.5. The number of hydrogen-bond acceptors (Lipinski definition) is 3. The first-order valence-corrected chi connectivity index (χ1v) is 7.71. The SMILES string of the molecule is Cc1ccc(C(N)C2CCOC3(CCOC3)C2)cc1Cl. The molecule has 0 saturated carbocycles. The Bertz CT molecular complexity index is 485. The molecule has 1 aromatic carbocycles. The van der Waals surface area contributed by atoms with E-state index in [-0.39, 0.29) is 11.6 Å². The van der Waals surface area contributed by atoms with E-state index in [1.165, 1.54) is 0 Å². The van der Waals surface area contributed by atoms with Gasteiger partial charge in [-0.2, -0.15) is 0 Å². The first-order chi connectivity index (χ1) is 9.60. The molecule has 3 unspecified atom stereocenters. The molecule has 2 heterocycles. The van der Waals surface area contributed by atoms with Crippen molar-refractivity contribution in [2.45, 2.75) is 37.8 Å². The summed E-state index contributed by atoms with van der Waals surface area (Å²) in [6.07, 6.45) is 2.99. The fourth-order valence-corrected chi connectivity index (χ4v) is 3.51. The van der Waals surface area contributed by atoms with Crippen molar-refractivity contribution in [1.29, 1.82) is 0 Å². The maximum Gasteiger partial charge on any atom is 0.0940 e. The monoisotopic (exact) mass is 295 g/mol. The second-order valence-corrected chi connectivity index (χ2v) is 6.53. The molecule has 110 valence electrons. The van der Waals surface area contributed by atoms with Crippen LogP contribution in [0.15, 0.2) is 18.2 Å². The fourth-order valence-electron chi connectivity index (χ4n) is 3.32. The van der Waals surface area contributed by atoms with Gasteiger partial charge in [0.15, 0.2) is 0 Å². The minimum absolute atomic E-state index is 0.0227. The molecular weight excluding hydrogens is 274 g/mol. The molecule has 1 spiro atoms. The molecule has 20 heavy (non-hydrogen) atoms. The number of ether oxygens (including phenoxy) is 2. The van der Waals surface area contributed by atoms with Crippen molar-refractivity contribution in [3.63, 3.8) is 0 Å². The second-order valence-electron chi connectivity index (χ2n) is 6.12. The van der Waals surface area contributed by atoms with Crippen LogP contribution < -0.4 is 5.73 Å². The highest BCUT2D eigenvalue weighted by molar-refractivity contribution is 6.31. The maximum atomic E-state index is 6.48. The summed E-state index contributed by atoms with van der Waals surface area (Å²) < 4.78 is 11.5. The summed E-state index contributed by atoms with van der Waals surface area (Å²) in [5, 5.41) is 0.795. The van der Waals surface area contributed by atoms with Crippen molar-refractivity contribution in [2.24, 2.45) is 11.7 Å². The van der Waals surface area contributed by atoms with Crippen LogP contribution in [-0.4, -0.2) is 25.4 Å².